The molecule has 1 aliphatic carbocycles. The second-order valence-corrected chi connectivity index (χ2v) is 6.81. The van der Waals surface area contributed by atoms with E-state index in [9.17, 15) is 9.90 Å². The van der Waals surface area contributed by atoms with E-state index in [0.29, 0.717) is 22.3 Å². The molecule has 0 spiro atoms. The smallest absolute Gasteiger partial charge is 0.325 e. The van der Waals surface area contributed by atoms with Gasteiger partial charge in [-0.3, -0.25) is 4.79 Å². The molecule has 1 aromatic carbocycles. The van der Waals surface area contributed by atoms with Crippen molar-refractivity contribution in [1.29, 1.82) is 0 Å². The van der Waals surface area contributed by atoms with Gasteiger partial charge in [0.2, 0.25) is 0 Å². The predicted octanol–water partition coefficient (Wildman–Crippen LogP) is 3.93. The molecule has 6 heteroatoms. The number of benzene rings is 1. The summed E-state index contributed by atoms with van der Waals surface area (Å²) in [6, 6.07) is 5.24. The molecule has 0 bridgehead atoms. The van der Waals surface area contributed by atoms with E-state index in [-0.39, 0.29) is 5.92 Å². The van der Waals surface area contributed by atoms with E-state index in [1.807, 2.05) is 6.92 Å². The fourth-order valence-electron chi connectivity index (χ4n) is 2.30. The lowest BCUT2D eigenvalue weighted by Gasteiger charge is -2.30. The van der Waals surface area contributed by atoms with Gasteiger partial charge in [-0.05, 0) is 43.5 Å². The lowest BCUT2D eigenvalue weighted by atomic mass is 9.96. The molecule has 0 saturated heterocycles. The van der Waals surface area contributed by atoms with Crippen molar-refractivity contribution >= 4 is 40.9 Å². The number of carboxylic acids is 1. The Morgan fingerprint density at radius 1 is 1.50 bits per heavy atom. The summed E-state index contributed by atoms with van der Waals surface area (Å²) in [6.07, 6.45) is 1.92. The Morgan fingerprint density at radius 2 is 2.20 bits per heavy atom. The Labute approximate surface area is 133 Å². The first-order valence-electron chi connectivity index (χ1n) is 6.56. The minimum absolute atomic E-state index is 0.199. The Hall–Kier alpha value is -0.420. The van der Waals surface area contributed by atoms with Crippen LogP contribution in [-0.2, 0) is 4.79 Å². The number of hydrogen-bond acceptors (Lipinski definition) is 3. The lowest BCUT2D eigenvalue weighted by Crippen LogP contribution is -2.56. The topological polar surface area (TPSA) is 49.3 Å². The standard InChI is InChI=1S/C14H17Cl2NO2S/c1-2-17-14(13(18)19,9-3-4-9)8-20-12-7-10(15)5-6-11(12)16/h5-7,9,17H,2-4,8H2,1H3,(H,18,19). The lowest BCUT2D eigenvalue weighted by molar-refractivity contribution is -0.144. The first-order chi connectivity index (χ1) is 9.49. The number of rotatable bonds is 7. The number of nitrogens with one attached hydrogen (secondary N) is 1. The number of aliphatic carboxylic acids is 1. The zero-order valence-electron chi connectivity index (χ0n) is 11.2. The molecule has 0 amide bonds. The van der Waals surface area contributed by atoms with Crippen LogP contribution in [0.25, 0.3) is 0 Å². The molecule has 20 heavy (non-hydrogen) atoms. The first kappa shape index (κ1) is 16.0. The Bertz CT molecular complexity index is 508. The Morgan fingerprint density at radius 3 is 2.75 bits per heavy atom. The highest BCUT2D eigenvalue weighted by Crippen LogP contribution is 2.43. The van der Waals surface area contributed by atoms with E-state index < -0.39 is 11.5 Å². The van der Waals surface area contributed by atoms with E-state index in [1.165, 1.54) is 11.8 Å². The molecule has 1 aliphatic rings. The zero-order chi connectivity index (χ0) is 14.8. The third-order valence-corrected chi connectivity index (χ3v) is 5.42. The third-order valence-electron chi connectivity index (χ3n) is 3.50. The van der Waals surface area contributed by atoms with Gasteiger partial charge < -0.3 is 10.4 Å². The van der Waals surface area contributed by atoms with Gasteiger partial charge in [0.1, 0.15) is 5.54 Å². The van der Waals surface area contributed by atoms with Gasteiger partial charge in [-0.1, -0.05) is 30.1 Å². The number of carboxylic acid groups (broad SMARTS) is 1. The van der Waals surface area contributed by atoms with Crippen LogP contribution in [0.15, 0.2) is 23.1 Å². The maximum Gasteiger partial charge on any atom is 0.325 e. The van der Waals surface area contributed by atoms with Gasteiger partial charge >= 0.3 is 5.97 Å². The van der Waals surface area contributed by atoms with Crippen molar-refractivity contribution in [3.63, 3.8) is 0 Å². The second kappa shape index (κ2) is 6.56. The SMILES string of the molecule is CCNC(CSc1cc(Cl)ccc1Cl)(C(=O)O)C1CC1. The van der Waals surface area contributed by atoms with Crippen LogP contribution in [0.1, 0.15) is 19.8 Å². The molecule has 1 saturated carbocycles. The number of halogens is 2. The summed E-state index contributed by atoms with van der Waals surface area (Å²) in [5, 5.41) is 14.0. The van der Waals surface area contributed by atoms with Crippen molar-refractivity contribution < 1.29 is 9.90 Å². The molecule has 1 atom stereocenters. The van der Waals surface area contributed by atoms with Crippen LogP contribution in [0, 0.1) is 5.92 Å². The van der Waals surface area contributed by atoms with Crippen molar-refractivity contribution in [3.05, 3.63) is 28.2 Å². The molecule has 110 valence electrons. The van der Waals surface area contributed by atoms with E-state index >= 15 is 0 Å². The average Bonchev–Trinajstić information content (AvgIpc) is 3.22. The highest BCUT2D eigenvalue weighted by molar-refractivity contribution is 7.99. The average molecular weight is 334 g/mol. The van der Waals surface area contributed by atoms with E-state index in [2.05, 4.69) is 5.32 Å². The van der Waals surface area contributed by atoms with Gasteiger partial charge in [0.15, 0.2) is 0 Å². The fraction of sp³-hybridized carbons (Fsp3) is 0.500. The van der Waals surface area contributed by atoms with E-state index in [1.54, 1.807) is 18.2 Å². The molecule has 2 N–H and O–H groups in total. The number of hydrogen-bond donors (Lipinski definition) is 2. The number of likely N-dealkylation sites (N-methyl/N-ethyl adjacent to an activating group) is 1. The first-order valence-corrected chi connectivity index (χ1v) is 8.30. The van der Waals surface area contributed by atoms with Crippen LogP contribution in [-0.4, -0.2) is 28.9 Å². The summed E-state index contributed by atoms with van der Waals surface area (Å²) in [5.41, 5.74) is -0.870. The zero-order valence-corrected chi connectivity index (χ0v) is 13.5. The normalized spacial score (nSPS) is 17.8. The van der Waals surface area contributed by atoms with Crippen LogP contribution in [0.4, 0.5) is 0 Å². The Balaban J connectivity index is 2.16. The summed E-state index contributed by atoms with van der Waals surface area (Å²) in [6.45, 7) is 2.56. The van der Waals surface area contributed by atoms with Crippen molar-refractivity contribution in [1.82, 2.24) is 5.32 Å². The molecule has 1 unspecified atom stereocenters. The van der Waals surface area contributed by atoms with E-state index in [0.717, 1.165) is 17.7 Å². The molecule has 2 rings (SSSR count). The molecule has 3 nitrogen and oxygen atoms in total. The third kappa shape index (κ3) is 3.42. The van der Waals surface area contributed by atoms with Gasteiger partial charge in [0, 0.05) is 15.7 Å². The van der Waals surface area contributed by atoms with Crippen molar-refractivity contribution in [2.24, 2.45) is 5.92 Å². The van der Waals surface area contributed by atoms with Crippen LogP contribution in [0.5, 0.6) is 0 Å². The highest BCUT2D eigenvalue weighted by Gasteiger charge is 2.50. The summed E-state index contributed by atoms with van der Waals surface area (Å²) in [5.74, 6) is -0.140. The molecule has 1 aromatic rings. The largest absolute Gasteiger partial charge is 0.480 e. The number of thioether (sulfide) groups is 1. The van der Waals surface area contributed by atoms with Crippen molar-refractivity contribution in [2.45, 2.75) is 30.2 Å². The van der Waals surface area contributed by atoms with Crippen molar-refractivity contribution in [3.8, 4) is 0 Å². The van der Waals surface area contributed by atoms with Gasteiger partial charge in [-0.2, -0.15) is 0 Å². The molecule has 0 aromatic heterocycles. The molecule has 0 aliphatic heterocycles. The van der Waals surface area contributed by atoms with E-state index in [4.69, 9.17) is 23.2 Å². The van der Waals surface area contributed by atoms with Gasteiger partial charge in [-0.15, -0.1) is 11.8 Å². The minimum Gasteiger partial charge on any atom is -0.480 e. The second-order valence-electron chi connectivity index (χ2n) is 4.94. The minimum atomic E-state index is -0.870. The summed E-state index contributed by atoms with van der Waals surface area (Å²) < 4.78 is 0. The summed E-state index contributed by atoms with van der Waals surface area (Å²) in [4.78, 5) is 12.6. The maximum absolute atomic E-state index is 11.7. The summed E-state index contributed by atoms with van der Waals surface area (Å²) >= 11 is 13.5. The molecule has 0 heterocycles. The predicted molar refractivity (Wildman–Crippen MR) is 84.0 cm³/mol. The highest BCUT2D eigenvalue weighted by atomic mass is 35.5. The van der Waals surface area contributed by atoms with Crippen LogP contribution in [0.2, 0.25) is 10.0 Å². The monoisotopic (exact) mass is 333 g/mol. The van der Waals surface area contributed by atoms with Gasteiger partial charge in [0.05, 0.1) is 5.02 Å². The quantitative estimate of drug-likeness (QED) is 0.742. The maximum atomic E-state index is 11.7. The molecule has 0 radical (unpaired) electrons. The van der Waals surface area contributed by atoms with Gasteiger partial charge in [0.25, 0.3) is 0 Å². The van der Waals surface area contributed by atoms with Gasteiger partial charge in [-0.25, -0.2) is 0 Å². The van der Waals surface area contributed by atoms with Crippen LogP contribution in [0.3, 0.4) is 0 Å². The molecular weight excluding hydrogens is 317 g/mol. The van der Waals surface area contributed by atoms with Crippen molar-refractivity contribution in [2.75, 3.05) is 12.3 Å². The van der Waals surface area contributed by atoms with Crippen LogP contribution < -0.4 is 5.32 Å². The van der Waals surface area contributed by atoms with Crippen LogP contribution >= 0.6 is 35.0 Å². The molecular formula is C14H17Cl2NO2S. The number of carbonyl (C=O) groups is 1. The fourth-order valence-corrected chi connectivity index (χ4v) is 4.07. The Kier molecular flexibility index (Phi) is 5.24. The summed E-state index contributed by atoms with van der Waals surface area (Å²) in [7, 11) is 0. The molecule has 1 fully saturated rings.